The lowest BCUT2D eigenvalue weighted by molar-refractivity contribution is 0.0953. The summed E-state index contributed by atoms with van der Waals surface area (Å²) >= 11 is 0. The Bertz CT molecular complexity index is 390. The van der Waals surface area contributed by atoms with Crippen LogP contribution in [-0.4, -0.2) is 19.0 Å². The van der Waals surface area contributed by atoms with E-state index in [1.165, 1.54) is 32.1 Å². The van der Waals surface area contributed by atoms with E-state index in [1.807, 2.05) is 24.3 Å². The molecule has 0 radical (unpaired) electrons. The zero-order valence-electron chi connectivity index (χ0n) is 12.9. The number of anilines is 1. The van der Waals surface area contributed by atoms with Crippen molar-refractivity contribution in [3.8, 4) is 0 Å². The van der Waals surface area contributed by atoms with Crippen LogP contribution in [0.15, 0.2) is 24.3 Å². The van der Waals surface area contributed by atoms with Gasteiger partial charge < -0.3 is 10.6 Å². The van der Waals surface area contributed by atoms with Gasteiger partial charge >= 0.3 is 0 Å². The van der Waals surface area contributed by atoms with E-state index in [9.17, 15) is 4.79 Å². The molecule has 20 heavy (non-hydrogen) atoms. The first-order valence-electron chi connectivity index (χ1n) is 7.90. The van der Waals surface area contributed by atoms with Crippen molar-refractivity contribution in [3.05, 3.63) is 29.8 Å². The van der Waals surface area contributed by atoms with Crippen molar-refractivity contribution in [2.75, 3.05) is 18.4 Å². The van der Waals surface area contributed by atoms with E-state index >= 15 is 0 Å². The lowest BCUT2D eigenvalue weighted by Crippen LogP contribution is -2.23. The Morgan fingerprint density at radius 1 is 1.00 bits per heavy atom. The molecule has 0 saturated heterocycles. The Labute approximate surface area is 123 Å². The molecule has 0 aliphatic rings. The summed E-state index contributed by atoms with van der Waals surface area (Å²) in [5.74, 6) is 0.0124. The van der Waals surface area contributed by atoms with Crippen molar-refractivity contribution in [2.24, 2.45) is 0 Å². The van der Waals surface area contributed by atoms with Crippen molar-refractivity contribution in [1.29, 1.82) is 0 Å². The first-order valence-corrected chi connectivity index (χ1v) is 7.90. The van der Waals surface area contributed by atoms with Gasteiger partial charge in [0.2, 0.25) is 0 Å². The second kappa shape index (κ2) is 10.3. The molecule has 0 bridgehead atoms. The molecule has 0 fully saturated rings. The van der Waals surface area contributed by atoms with Crippen molar-refractivity contribution < 1.29 is 4.79 Å². The summed E-state index contributed by atoms with van der Waals surface area (Å²) in [4.78, 5) is 11.9. The molecule has 1 amide bonds. The first kappa shape index (κ1) is 16.5. The summed E-state index contributed by atoms with van der Waals surface area (Å²) in [5, 5.41) is 6.29. The molecular formula is C17H28N2O. The average molecular weight is 276 g/mol. The van der Waals surface area contributed by atoms with Gasteiger partial charge in [-0.1, -0.05) is 45.6 Å². The number of carbonyl (C=O) groups is 1. The van der Waals surface area contributed by atoms with Crippen LogP contribution in [0.1, 0.15) is 62.7 Å². The number of hydrogen-bond donors (Lipinski definition) is 2. The van der Waals surface area contributed by atoms with Crippen LogP contribution in [0.3, 0.4) is 0 Å². The number of amides is 1. The summed E-state index contributed by atoms with van der Waals surface area (Å²) in [7, 11) is 0. The number of benzene rings is 1. The molecule has 0 unspecified atom stereocenters. The highest BCUT2D eigenvalue weighted by atomic mass is 16.1. The van der Waals surface area contributed by atoms with Gasteiger partial charge in [-0.15, -0.1) is 0 Å². The second-order valence-corrected chi connectivity index (χ2v) is 5.18. The topological polar surface area (TPSA) is 41.1 Å². The number of carbonyl (C=O) groups excluding carboxylic acids is 1. The molecule has 2 N–H and O–H groups in total. The fraction of sp³-hybridized carbons (Fsp3) is 0.588. The predicted molar refractivity (Wildman–Crippen MR) is 86.3 cm³/mol. The van der Waals surface area contributed by atoms with Crippen LogP contribution in [-0.2, 0) is 0 Å². The van der Waals surface area contributed by atoms with Crippen LogP contribution in [0, 0.1) is 0 Å². The summed E-state index contributed by atoms with van der Waals surface area (Å²) < 4.78 is 0. The Hall–Kier alpha value is -1.51. The second-order valence-electron chi connectivity index (χ2n) is 5.18. The monoisotopic (exact) mass is 276 g/mol. The van der Waals surface area contributed by atoms with E-state index in [4.69, 9.17) is 0 Å². The molecule has 3 nitrogen and oxygen atoms in total. The maximum absolute atomic E-state index is 11.9. The molecule has 0 aliphatic carbocycles. The maximum Gasteiger partial charge on any atom is 0.251 e. The minimum Gasteiger partial charge on any atom is -0.385 e. The molecule has 0 atom stereocenters. The number of nitrogens with one attached hydrogen (secondary N) is 2. The maximum atomic E-state index is 11.9. The van der Waals surface area contributed by atoms with Crippen molar-refractivity contribution >= 4 is 11.6 Å². The average Bonchev–Trinajstić information content (AvgIpc) is 2.48. The molecule has 112 valence electrons. The third kappa shape index (κ3) is 6.60. The van der Waals surface area contributed by atoms with Gasteiger partial charge in [-0.2, -0.15) is 0 Å². The third-order valence-electron chi connectivity index (χ3n) is 3.27. The summed E-state index contributed by atoms with van der Waals surface area (Å²) in [6.45, 7) is 5.99. The van der Waals surface area contributed by atoms with Gasteiger partial charge in [0.15, 0.2) is 0 Å². The Morgan fingerprint density at radius 2 is 1.80 bits per heavy atom. The largest absolute Gasteiger partial charge is 0.385 e. The van der Waals surface area contributed by atoms with E-state index < -0.39 is 0 Å². The van der Waals surface area contributed by atoms with E-state index in [-0.39, 0.29) is 5.91 Å². The standard InChI is InChI=1S/C17H28N2O/c1-3-5-6-7-8-13-18-16-11-9-10-15(14-16)17(20)19-12-4-2/h9-11,14,18H,3-8,12-13H2,1-2H3,(H,19,20). The quantitative estimate of drug-likeness (QED) is 0.629. The number of unbranched alkanes of at least 4 members (excludes halogenated alkanes) is 4. The van der Waals surface area contributed by atoms with Gasteiger partial charge in [0.05, 0.1) is 0 Å². The fourth-order valence-electron chi connectivity index (χ4n) is 2.07. The van der Waals surface area contributed by atoms with E-state index in [1.54, 1.807) is 0 Å². The van der Waals surface area contributed by atoms with Crippen LogP contribution in [0.25, 0.3) is 0 Å². The van der Waals surface area contributed by atoms with E-state index in [0.29, 0.717) is 0 Å². The Balaban J connectivity index is 2.34. The number of hydrogen-bond acceptors (Lipinski definition) is 2. The summed E-state index contributed by atoms with van der Waals surface area (Å²) in [6, 6.07) is 7.73. The van der Waals surface area contributed by atoms with Gasteiger partial charge in [0, 0.05) is 24.3 Å². The Morgan fingerprint density at radius 3 is 2.55 bits per heavy atom. The summed E-state index contributed by atoms with van der Waals surface area (Å²) in [5.41, 5.74) is 1.76. The molecule has 0 aromatic heterocycles. The fourth-order valence-corrected chi connectivity index (χ4v) is 2.07. The summed E-state index contributed by atoms with van der Waals surface area (Å²) in [6.07, 6.45) is 7.35. The van der Waals surface area contributed by atoms with Crippen LogP contribution >= 0.6 is 0 Å². The molecule has 0 aliphatic heterocycles. The van der Waals surface area contributed by atoms with E-state index in [0.717, 1.165) is 30.8 Å². The number of rotatable bonds is 10. The minimum atomic E-state index is 0.0124. The molecule has 1 rings (SSSR count). The highest BCUT2D eigenvalue weighted by Gasteiger charge is 2.04. The van der Waals surface area contributed by atoms with E-state index in [2.05, 4.69) is 24.5 Å². The zero-order chi connectivity index (χ0) is 14.6. The lowest BCUT2D eigenvalue weighted by Gasteiger charge is -2.08. The van der Waals surface area contributed by atoms with Crippen LogP contribution in [0.4, 0.5) is 5.69 Å². The lowest BCUT2D eigenvalue weighted by atomic mass is 10.1. The Kier molecular flexibility index (Phi) is 8.52. The van der Waals surface area contributed by atoms with Gasteiger partial charge in [0.25, 0.3) is 5.91 Å². The van der Waals surface area contributed by atoms with Crippen LogP contribution in [0.2, 0.25) is 0 Å². The SMILES string of the molecule is CCCCCCCNc1cccc(C(=O)NCCC)c1. The molecule has 3 heteroatoms. The van der Waals surface area contributed by atoms with Gasteiger partial charge in [-0.3, -0.25) is 4.79 Å². The van der Waals surface area contributed by atoms with Gasteiger partial charge in [-0.05, 0) is 31.0 Å². The van der Waals surface area contributed by atoms with Crippen molar-refractivity contribution in [2.45, 2.75) is 52.4 Å². The molecule has 0 heterocycles. The molecule has 1 aromatic carbocycles. The third-order valence-corrected chi connectivity index (χ3v) is 3.27. The molecule has 0 saturated carbocycles. The van der Waals surface area contributed by atoms with Gasteiger partial charge in [0.1, 0.15) is 0 Å². The molecule has 1 aromatic rings. The minimum absolute atomic E-state index is 0.0124. The normalized spacial score (nSPS) is 10.3. The van der Waals surface area contributed by atoms with Gasteiger partial charge in [-0.25, -0.2) is 0 Å². The first-order chi connectivity index (χ1) is 9.77. The zero-order valence-corrected chi connectivity index (χ0v) is 12.9. The van der Waals surface area contributed by atoms with Crippen LogP contribution < -0.4 is 10.6 Å². The highest BCUT2D eigenvalue weighted by molar-refractivity contribution is 5.95. The smallest absolute Gasteiger partial charge is 0.251 e. The van der Waals surface area contributed by atoms with Crippen molar-refractivity contribution in [1.82, 2.24) is 5.32 Å². The molecule has 0 spiro atoms. The molecular weight excluding hydrogens is 248 g/mol. The van der Waals surface area contributed by atoms with Crippen molar-refractivity contribution in [3.63, 3.8) is 0 Å². The van der Waals surface area contributed by atoms with Crippen LogP contribution in [0.5, 0.6) is 0 Å². The predicted octanol–water partition coefficient (Wildman–Crippen LogP) is 4.21. The highest BCUT2D eigenvalue weighted by Crippen LogP contribution is 2.11.